The Labute approximate surface area is 173 Å². The minimum absolute atomic E-state index is 0.272. The number of ether oxygens (including phenoxy) is 2. The summed E-state index contributed by atoms with van der Waals surface area (Å²) in [6.07, 6.45) is 3.67. The van der Waals surface area contributed by atoms with Crippen LogP contribution in [0.3, 0.4) is 0 Å². The average molecular weight is 413 g/mol. The van der Waals surface area contributed by atoms with Gasteiger partial charge in [-0.15, -0.1) is 0 Å². The van der Waals surface area contributed by atoms with E-state index in [-0.39, 0.29) is 5.92 Å². The number of hydrogen-bond donors (Lipinski definition) is 0. The number of pyridine rings is 1. The first-order valence-electron chi connectivity index (χ1n) is 9.75. The fourth-order valence-corrected chi connectivity index (χ4v) is 4.22. The summed E-state index contributed by atoms with van der Waals surface area (Å²) >= 11 is 6.29. The first kappa shape index (κ1) is 18.5. The molecule has 2 aromatic heterocycles. The van der Waals surface area contributed by atoms with Crippen LogP contribution in [0, 0.1) is 0 Å². The van der Waals surface area contributed by atoms with Gasteiger partial charge in [-0.3, -0.25) is 9.88 Å². The Morgan fingerprint density at radius 3 is 2.90 bits per heavy atom. The number of aromatic nitrogens is 3. The first-order valence-corrected chi connectivity index (χ1v) is 10.1. The molecule has 1 fully saturated rings. The molecule has 7 nitrogen and oxygen atoms in total. The van der Waals surface area contributed by atoms with E-state index in [2.05, 4.69) is 20.0 Å². The third kappa shape index (κ3) is 3.99. The smallest absolute Gasteiger partial charge is 0.230 e. The van der Waals surface area contributed by atoms with Crippen LogP contribution in [-0.2, 0) is 17.9 Å². The number of piperidine rings is 1. The van der Waals surface area contributed by atoms with Crippen LogP contribution in [0.4, 0.5) is 0 Å². The molecule has 150 valence electrons. The number of hydrogen-bond acceptors (Lipinski definition) is 7. The second kappa shape index (κ2) is 8.10. The Kier molecular flexibility index (Phi) is 5.18. The van der Waals surface area contributed by atoms with Gasteiger partial charge in [0.05, 0.1) is 6.61 Å². The lowest BCUT2D eigenvalue weighted by atomic mass is 9.96. The Morgan fingerprint density at radius 2 is 2.07 bits per heavy atom. The summed E-state index contributed by atoms with van der Waals surface area (Å²) in [6.45, 7) is 3.53. The van der Waals surface area contributed by atoms with Crippen LogP contribution in [0.1, 0.15) is 35.8 Å². The molecule has 0 spiro atoms. The van der Waals surface area contributed by atoms with E-state index in [1.165, 1.54) is 0 Å². The predicted octanol–water partition coefficient (Wildman–Crippen LogP) is 4.03. The van der Waals surface area contributed by atoms with Crippen molar-refractivity contribution in [2.75, 3.05) is 19.9 Å². The van der Waals surface area contributed by atoms with Crippen LogP contribution in [0.25, 0.3) is 11.5 Å². The van der Waals surface area contributed by atoms with Gasteiger partial charge in [-0.2, -0.15) is 4.98 Å². The summed E-state index contributed by atoms with van der Waals surface area (Å²) in [4.78, 5) is 11.3. The van der Waals surface area contributed by atoms with Gasteiger partial charge in [0, 0.05) is 34.8 Å². The molecule has 1 aromatic carbocycles. The fourth-order valence-electron chi connectivity index (χ4n) is 3.95. The highest BCUT2D eigenvalue weighted by Gasteiger charge is 2.27. The summed E-state index contributed by atoms with van der Waals surface area (Å²) in [5.74, 6) is 2.44. The van der Waals surface area contributed by atoms with Crippen LogP contribution in [-0.4, -0.2) is 39.9 Å². The zero-order valence-corrected chi connectivity index (χ0v) is 16.6. The van der Waals surface area contributed by atoms with Crippen LogP contribution in [0.5, 0.6) is 5.75 Å². The fraction of sp³-hybridized carbons (Fsp3) is 0.381. The van der Waals surface area contributed by atoms with Gasteiger partial charge in [0.15, 0.2) is 6.79 Å². The maximum atomic E-state index is 6.29. The number of rotatable bonds is 4. The van der Waals surface area contributed by atoms with Gasteiger partial charge in [0.1, 0.15) is 11.4 Å². The first-order chi connectivity index (χ1) is 14.3. The number of benzene rings is 1. The Hall–Kier alpha value is -2.48. The number of nitrogens with zero attached hydrogens (tertiary/aromatic N) is 4. The normalized spacial score (nSPS) is 17.7. The van der Waals surface area contributed by atoms with Gasteiger partial charge >= 0.3 is 0 Å². The largest absolute Gasteiger partial charge is 0.467 e. The maximum Gasteiger partial charge on any atom is 0.230 e. The lowest BCUT2D eigenvalue weighted by Crippen LogP contribution is -2.33. The van der Waals surface area contributed by atoms with Crippen LogP contribution >= 0.6 is 11.6 Å². The van der Waals surface area contributed by atoms with E-state index >= 15 is 0 Å². The molecule has 29 heavy (non-hydrogen) atoms. The van der Waals surface area contributed by atoms with E-state index < -0.39 is 0 Å². The highest BCUT2D eigenvalue weighted by atomic mass is 35.5. The Balaban J connectivity index is 1.24. The molecule has 0 aliphatic carbocycles. The van der Waals surface area contributed by atoms with E-state index in [1.807, 2.05) is 30.3 Å². The molecule has 0 atom stereocenters. The Bertz CT molecular complexity index is 987. The molecule has 4 heterocycles. The van der Waals surface area contributed by atoms with Gasteiger partial charge in [-0.25, -0.2) is 0 Å². The second-order valence-electron chi connectivity index (χ2n) is 7.39. The highest BCUT2D eigenvalue weighted by molar-refractivity contribution is 6.30. The standard InChI is InChI=1S/C21H21ClN4O3/c22-17-9-15(19-16(10-17)12-27-13-28-19)11-26-7-4-14(5-8-26)21-24-20(25-29-21)18-3-1-2-6-23-18/h1-3,6,9-10,14H,4-5,7-8,11-13H2. The zero-order valence-electron chi connectivity index (χ0n) is 15.9. The number of likely N-dealkylation sites (tertiary alicyclic amines) is 1. The zero-order chi connectivity index (χ0) is 19.6. The predicted molar refractivity (Wildman–Crippen MR) is 107 cm³/mol. The molecule has 5 rings (SSSR count). The van der Waals surface area contributed by atoms with Crippen molar-refractivity contribution >= 4 is 11.6 Å². The molecule has 0 amide bonds. The molecule has 2 aliphatic rings. The van der Waals surface area contributed by atoms with Crippen molar-refractivity contribution in [3.8, 4) is 17.3 Å². The molecule has 0 bridgehead atoms. The molecule has 0 radical (unpaired) electrons. The van der Waals surface area contributed by atoms with Crippen molar-refractivity contribution in [2.45, 2.75) is 31.9 Å². The third-order valence-corrected chi connectivity index (χ3v) is 5.64. The SMILES string of the molecule is Clc1cc2c(c(CN3CCC(c4nc(-c5ccccn5)no4)CC3)c1)OCOC2. The molecule has 0 unspecified atom stereocenters. The van der Waals surface area contributed by atoms with Gasteiger partial charge in [0.25, 0.3) is 0 Å². The Morgan fingerprint density at radius 1 is 1.17 bits per heavy atom. The molecule has 1 saturated heterocycles. The maximum absolute atomic E-state index is 6.29. The summed E-state index contributed by atoms with van der Waals surface area (Å²) in [7, 11) is 0. The number of fused-ring (bicyclic) bond motifs is 1. The lowest BCUT2D eigenvalue weighted by Gasteiger charge is -2.31. The van der Waals surface area contributed by atoms with E-state index in [9.17, 15) is 0 Å². The van der Waals surface area contributed by atoms with Crippen LogP contribution in [0.2, 0.25) is 5.02 Å². The van der Waals surface area contributed by atoms with Crippen LogP contribution in [0.15, 0.2) is 41.1 Å². The van der Waals surface area contributed by atoms with Gasteiger partial charge in [0.2, 0.25) is 11.7 Å². The topological polar surface area (TPSA) is 73.5 Å². The van der Waals surface area contributed by atoms with E-state index in [0.717, 1.165) is 60.1 Å². The highest BCUT2D eigenvalue weighted by Crippen LogP contribution is 2.34. The van der Waals surface area contributed by atoms with Gasteiger partial charge < -0.3 is 14.0 Å². The molecule has 2 aliphatic heterocycles. The van der Waals surface area contributed by atoms with Crippen molar-refractivity contribution in [3.63, 3.8) is 0 Å². The average Bonchev–Trinajstić information content (AvgIpc) is 3.25. The van der Waals surface area contributed by atoms with Crippen molar-refractivity contribution in [3.05, 3.63) is 58.6 Å². The van der Waals surface area contributed by atoms with Crippen molar-refractivity contribution in [2.24, 2.45) is 0 Å². The summed E-state index contributed by atoms with van der Waals surface area (Å²) in [5.41, 5.74) is 2.86. The van der Waals surface area contributed by atoms with Crippen molar-refractivity contribution in [1.29, 1.82) is 0 Å². The lowest BCUT2D eigenvalue weighted by molar-refractivity contribution is -0.0175. The molecular formula is C21H21ClN4O3. The molecule has 8 heteroatoms. The monoisotopic (exact) mass is 412 g/mol. The molecule has 3 aromatic rings. The second-order valence-corrected chi connectivity index (χ2v) is 7.82. The van der Waals surface area contributed by atoms with E-state index in [4.69, 9.17) is 25.6 Å². The van der Waals surface area contributed by atoms with Gasteiger partial charge in [-0.05, 0) is 50.2 Å². The van der Waals surface area contributed by atoms with E-state index in [1.54, 1.807) is 6.20 Å². The van der Waals surface area contributed by atoms with Crippen molar-refractivity contribution < 1.29 is 14.0 Å². The van der Waals surface area contributed by atoms with Gasteiger partial charge in [-0.1, -0.05) is 22.8 Å². The minimum Gasteiger partial charge on any atom is -0.467 e. The summed E-state index contributed by atoms with van der Waals surface area (Å²) < 4.78 is 16.6. The summed E-state index contributed by atoms with van der Waals surface area (Å²) in [5, 5.41) is 4.82. The molecule has 0 saturated carbocycles. The van der Waals surface area contributed by atoms with Crippen molar-refractivity contribution in [1.82, 2.24) is 20.0 Å². The molecular weight excluding hydrogens is 392 g/mol. The van der Waals surface area contributed by atoms with Crippen LogP contribution < -0.4 is 4.74 Å². The minimum atomic E-state index is 0.272. The number of halogens is 1. The summed E-state index contributed by atoms with van der Waals surface area (Å²) in [6, 6.07) is 9.59. The molecule has 0 N–H and O–H groups in total. The van der Waals surface area contributed by atoms with E-state index in [0.29, 0.717) is 25.1 Å². The third-order valence-electron chi connectivity index (χ3n) is 5.42. The quantitative estimate of drug-likeness (QED) is 0.640.